The molecule has 90 valence electrons. The lowest BCUT2D eigenvalue weighted by Gasteiger charge is -2.39. The summed E-state index contributed by atoms with van der Waals surface area (Å²) in [5.74, 6) is -0.170. The van der Waals surface area contributed by atoms with Crippen molar-refractivity contribution in [3.8, 4) is 0 Å². The third kappa shape index (κ3) is 2.56. The van der Waals surface area contributed by atoms with Crippen LogP contribution in [-0.2, 0) is 14.3 Å². The smallest absolute Gasteiger partial charge is 0.330 e. The fourth-order valence-electron chi connectivity index (χ4n) is 2.00. The number of esters is 1. The van der Waals surface area contributed by atoms with E-state index in [0.29, 0.717) is 6.61 Å². The summed E-state index contributed by atoms with van der Waals surface area (Å²) in [6.07, 6.45) is 0.972. The van der Waals surface area contributed by atoms with Crippen molar-refractivity contribution in [1.82, 2.24) is 0 Å². The van der Waals surface area contributed by atoms with E-state index in [1.165, 1.54) is 11.6 Å². The van der Waals surface area contributed by atoms with Gasteiger partial charge in [-0.3, -0.25) is 0 Å². The standard InChI is InChI=1S/C14H16O3/c1-3-13(15)17-12-9-16-14(12)10(2)11-7-5-4-6-8-11/h3-8,10,12,14H,1,9H2,2H3. The molecule has 1 aromatic carbocycles. The highest BCUT2D eigenvalue weighted by atomic mass is 16.6. The molecule has 0 bridgehead atoms. The lowest BCUT2D eigenvalue weighted by molar-refractivity contribution is -0.198. The Kier molecular flexibility index (Phi) is 3.59. The van der Waals surface area contributed by atoms with Crippen molar-refractivity contribution < 1.29 is 14.3 Å². The van der Waals surface area contributed by atoms with E-state index in [1.807, 2.05) is 18.2 Å². The third-order valence-electron chi connectivity index (χ3n) is 3.07. The number of hydrogen-bond acceptors (Lipinski definition) is 3. The SMILES string of the molecule is C=CC(=O)OC1COC1C(C)c1ccccc1. The van der Waals surface area contributed by atoms with E-state index >= 15 is 0 Å². The number of benzene rings is 1. The molecular weight excluding hydrogens is 216 g/mol. The van der Waals surface area contributed by atoms with Gasteiger partial charge in [0.2, 0.25) is 0 Å². The maximum absolute atomic E-state index is 11.1. The molecule has 1 aromatic rings. The first-order valence-corrected chi connectivity index (χ1v) is 5.72. The summed E-state index contributed by atoms with van der Waals surface area (Å²) in [5.41, 5.74) is 1.19. The molecule has 0 N–H and O–H groups in total. The molecule has 0 amide bonds. The molecule has 3 unspecified atom stereocenters. The summed E-state index contributed by atoms with van der Waals surface area (Å²) in [6, 6.07) is 10.1. The van der Waals surface area contributed by atoms with Crippen LogP contribution >= 0.6 is 0 Å². The highest BCUT2D eigenvalue weighted by molar-refractivity contribution is 5.81. The van der Waals surface area contributed by atoms with Crippen LogP contribution in [0.4, 0.5) is 0 Å². The summed E-state index contributed by atoms with van der Waals surface area (Å²) in [6.45, 7) is 5.94. The molecule has 0 spiro atoms. The highest BCUT2D eigenvalue weighted by Crippen LogP contribution is 2.31. The second kappa shape index (κ2) is 5.15. The van der Waals surface area contributed by atoms with Gasteiger partial charge in [-0.25, -0.2) is 4.79 Å². The van der Waals surface area contributed by atoms with Crippen LogP contribution < -0.4 is 0 Å². The molecule has 1 aliphatic rings. The Bertz CT molecular complexity index is 399. The van der Waals surface area contributed by atoms with Crippen LogP contribution in [0.5, 0.6) is 0 Å². The minimum atomic E-state index is -0.386. The largest absolute Gasteiger partial charge is 0.454 e. The van der Waals surface area contributed by atoms with E-state index in [-0.39, 0.29) is 24.1 Å². The average molecular weight is 232 g/mol. The van der Waals surface area contributed by atoms with E-state index in [1.54, 1.807) is 0 Å². The Labute approximate surface area is 101 Å². The predicted octanol–water partition coefficient (Wildman–Crippen LogP) is 2.29. The summed E-state index contributed by atoms with van der Waals surface area (Å²) < 4.78 is 10.7. The van der Waals surface area contributed by atoms with Crippen LogP contribution in [0.1, 0.15) is 18.4 Å². The van der Waals surface area contributed by atoms with Crippen LogP contribution in [0.3, 0.4) is 0 Å². The Balaban J connectivity index is 1.99. The van der Waals surface area contributed by atoms with Gasteiger partial charge in [-0.2, -0.15) is 0 Å². The molecule has 0 aliphatic carbocycles. The molecule has 1 fully saturated rings. The first kappa shape index (κ1) is 11.9. The molecule has 3 nitrogen and oxygen atoms in total. The van der Waals surface area contributed by atoms with Gasteiger partial charge in [0.25, 0.3) is 0 Å². The van der Waals surface area contributed by atoms with Crippen LogP contribution in [0.2, 0.25) is 0 Å². The molecule has 3 atom stereocenters. The quantitative estimate of drug-likeness (QED) is 0.590. The number of carbonyl (C=O) groups is 1. The van der Waals surface area contributed by atoms with Gasteiger partial charge in [0.1, 0.15) is 6.10 Å². The van der Waals surface area contributed by atoms with Gasteiger partial charge in [0.15, 0.2) is 6.10 Å². The number of ether oxygens (including phenoxy) is 2. The zero-order valence-corrected chi connectivity index (χ0v) is 9.84. The van der Waals surface area contributed by atoms with E-state index in [9.17, 15) is 4.79 Å². The zero-order valence-electron chi connectivity index (χ0n) is 9.84. The maximum atomic E-state index is 11.1. The van der Waals surface area contributed by atoms with Gasteiger partial charge in [0.05, 0.1) is 6.61 Å². The zero-order chi connectivity index (χ0) is 12.3. The minimum Gasteiger partial charge on any atom is -0.454 e. The summed E-state index contributed by atoms with van der Waals surface area (Å²) in [4.78, 5) is 11.1. The molecular formula is C14H16O3. The van der Waals surface area contributed by atoms with Crippen molar-refractivity contribution in [3.05, 3.63) is 48.6 Å². The lowest BCUT2D eigenvalue weighted by atomic mass is 9.89. The third-order valence-corrected chi connectivity index (χ3v) is 3.07. The number of carbonyl (C=O) groups excluding carboxylic acids is 1. The van der Waals surface area contributed by atoms with Crippen LogP contribution in [0, 0.1) is 0 Å². The normalized spacial score (nSPS) is 24.5. The molecule has 2 rings (SSSR count). The van der Waals surface area contributed by atoms with Gasteiger partial charge in [-0.05, 0) is 5.56 Å². The molecule has 1 heterocycles. The topological polar surface area (TPSA) is 35.5 Å². The van der Waals surface area contributed by atoms with Crippen molar-refractivity contribution in [2.24, 2.45) is 0 Å². The molecule has 17 heavy (non-hydrogen) atoms. The molecule has 1 aliphatic heterocycles. The van der Waals surface area contributed by atoms with Gasteiger partial charge in [-0.1, -0.05) is 43.8 Å². The Hall–Kier alpha value is -1.61. The lowest BCUT2D eigenvalue weighted by Crippen LogP contribution is -2.50. The first-order chi connectivity index (χ1) is 8.22. The van der Waals surface area contributed by atoms with Crippen molar-refractivity contribution in [2.45, 2.75) is 25.0 Å². The fourth-order valence-corrected chi connectivity index (χ4v) is 2.00. The number of hydrogen-bond donors (Lipinski definition) is 0. The van der Waals surface area contributed by atoms with E-state index in [4.69, 9.17) is 9.47 Å². The van der Waals surface area contributed by atoms with Crippen molar-refractivity contribution in [3.63, 3.8) is 0 Å². The highest BCUT2D eigenvalue weighted by Gasteiger charge is 2.39. The van der Waals surface area contributed by atoms with Crippen LogP contribution in [0.25, 0.3) is 0 Å². The Morgan fingerprint density at radius 3 is 2.76 bits per heavy atom. The second-order valence-corrected chi connectivity index (χ2v) is 4.18. The molecule has 0 aromatic heterocycles. The molecule has 1 saturated heterocycles. The second-order valence-electron chi connectivity index (χ2n) is 4.18. The van der Waals surface area contributed by atoms with E-state index in [2.05, 4.69) is 25.6 Å². The van der Waals surface area contributed by atoms with Gasteiger partial charge >= 0.3 is 5.97 Å². The Morgan fingerprint density at radius 2 is 2.24 bits per heavy atom. The number of rotatable bonds is 4. The average Bonchev–Trinajstić information content (AvgIpc) is 2.35. The van der Waals surface area contributed by atoms with E-state index < -0.39 is 0 Å². The maximum Gasteiger partial charge on any atom is 0.330 e. The molecule has 0 radical (unpaired) electrons. The molecule has 3 heteroatoms. The first-order valence-electron chi connectivity index (χ1n) is 5.72. The molecule has 0 saturated carbocycles. The Morgan fingerprint density at radius 1 is 1.53 bits per heavy atom. The predicted molar refractivity (Wildman–Crippen MR) is 64.7 cm³/mol. The minimum absolute atomic E-state index is 0.0544. The van der Waals surface area contributed by atoms with Crippen LogP contribution in [0.15, 0.2) is 43.0 Å². The van der Waals surface area contributed by atoms with Crippen molar-refractivity contribution in [2.75, 3.05) is 6.61 Å². The van der Waals surface area contributed by atoms with Crippen molar-refractivity contribution in [1.29, 1.82) is 0 Å². The fraction of sp³-hybridized carbons (Fsp3) is 0.357. The van der Waals surface area contributed by atoms with Gasteiger partial charge in [0, 0.05) is 12.0 Å². The van der Waals surface area contributed by atoms with Crippen molar-refractivity contribution >= 4 is 5.97 Å². The summed E-state index contributed by atoms with van der Waals surface area (Å²) in [7, 11) is 0. The summed E-state index contributed by atoms with van der Waals surface area (Å²) >= 11 is 0. The van der Waals surface area contributed by atoms with Gasteiger partial charge in [-0.15, -0.1) is 0 Å². The summed E-state index contributed by atoms with van der Waals surface area (Å²) in [5, 5.41) is 0. The van der Waals surface area contributed by atoms with Gasteiger partial charge < -0.3 is 9.47 Å². The van der Waals surface area contributed by atoms with E-state index in [0.717, 1.165) is 0 Å². The van der Waals surface area contributed by atoms with Crippen LogP contribution in [-0.4, -0.2) is 24.8 Å². The monoisotopic (exact) mass is 232 g/mol.